The molecule has 0 spiro atoms. The molecule has 1 aromatic carbocycles. The molecule has 0 radical (unpaired) electrons. The summed E-state index contributed by atoms with van der Waals surface area (Å²) in [6.07, 6.45) is 6.18. The first-order valence-electron chi connectivity index (χ1n) is 14.5. The van der Waals surface area contributed by atoms with E-state index in [1.807, 2.05) is 44.1 Å². The number of aryl methyl sites for hydroxylation is 2. The van der Waals surface area contributed by atoms with Crippen molar-refractivity contribution in [3.63, 3.8) is 0 Å². The van der Waals surface area contributed by atoms with E-state index in [2.05, 4.69) is 31.0 Å². The Bertz CT molecular complexity index is 1450. The van der Waals surface area contributed by atoms with Crippen LogP contribution in [0.5, 0.6) is 0 Å². The monoisotopic (exact) mass is 559 g/mol. The lowest BCUT2D eigenvalue weighted by Gasteiger charge is -2.42. The van der Waals surface area contributed by atoms with E-state index in [1.165, 1.54) is 17.6 Å². The number of halogens is 1. The van der Waals surface area contributed by atoms with Gasteiger partial charge in [0.25, 0.3) is 5.56 Å². The fourth-order valence-electron chi connectivity index (χ4n) is 6.26. The minimum Gasteiger partial charge on any atom is -0.305 e. The van der Waals surface area contributed by atoms with Gasteiger partial charge in [0.2, 0.25) is 0 Å². The van der Waals surface area contributed by atoms with Gasteiger partial charge in [0.15, 0.2) is 5.78 Å². The number of Topliss-reactive ketones (excluding diaryl/α,β-unsaturated/α-hetero) is 2. The molecule has 0 N–H and O–H groups in total. The highest BCUT2D eigenvalue weighted by Gasteiger charge is 2.41. The number of benzene rings is 1. The summed E-state index contributed by atoms with van der Waals surface area (Å²) in [5.74, 6) is -0.303. The minimum absolute atomic E-state index is 0.0102. The lowest BCUT2D eigenvalue weighted by atomic mass is 9.85. The summed E-state index contributed by atoms with van der Waals surface area (Å²) >= 11 is 0. The number of carbonyl (C=O) groups excluding carboxylic acids is 2. The van der Waals surface area contributed by atoms with Crippen LogP contribution in [0.4, 0.5) is 4.39 Å². The maximum Gasteiger partial charge on any atom is 0.251 e. The summed E-state index contributed by atoms with van der Waals surface area (Å²) in [5, 5.41) is 0. The molecule has 1 aliphatic heterocycles. The van der Waals surface area contributed by atoms with Gasteiger partial charge in [-0.15, -0.1) is 0 Å². The first-order chi connectivity index (χ1) is 19.3. The van der Waals surface area contributed by atoms with E-state index >= 15 is 0 Å². The fraction of sp³-hybridized carbons (Fsp3) is 0.471. The normalized spacial score (nSPS) is 16.3. The van der Waals surface area contributed by atoms with Crippen molar-refractivity contribution >= 4 is 11.6 Å². The number of ketones is 2. The molecule has 0 unspecified atom stereocenters. The number of nitrogens with zero attached hydrogens (tertiary/aromatic N) is 3. The molecule has 2 aromatic heterocycles. The van der Waals surface area contributed by atoms with Crippen LogP contribution in [0.3, 0.4) is 0 Å². The molecule has 218 valence electrons. The molecular weight excluding hydrogens is 517 g/mol. The summed E-state index contributed by atoms with van der Waals surface area (Å²) in [4.78, 5) is 45.9. The average Bonchev–Trinajstić information content (AvgIpc) is 2.86. The molecule has 0 bridgehead atoms. The van der Waals surface area contributed by atoms with E-state index in [-0.39, 0.29) is 48.2 Å². The number of hydrogen-bond donors (Lipinski definition) is 0. The van der Waals surface area contributed by atoms with Gasteiger partial charge < -0.3 is 9.36 Å². The predicted octanol–water partition coefficient (Wildman–Crippen LogP) is 6.03. The number of pyridine rings is 2. The zero-order valence-corrected chi connectivity index (χ0v) is 25.1. The highest BCUT2D eigenvalue weighted by Crippen LogP contribution is 2.33. The fourth-order valence-corrected chi connectivity index (χ4v) is 6.26. The van der Waals surface area contributed by atoms with E-state index in [0.29, 0.717) is 25.1 Å². The van der Waals surface area contributed by atoms with Crippen molar-refractivity contribution in [2.45, 2.75) is 77.9 Å². The van der Waals surface area contributed by atoms with Gasteiger partial charge in [0.05, 0.1) is 6.04 Å². The van der Waals surface area contributed by atoms with Gasteiger partial charge in [-0.2, -0.15) is 0 Å². The molecule has 1 saturated heterocycles. The third-order valence-corrected chi connectivity index (χ3v) is 8.02. The Kier molecular flexibility index (Phi) is 9.37. The van der Waals surface area contributed by atoms with Crippen molar-refractivity contribution in [1.29, 1.82) is 0 Å². The van der Waals surface area contributed by atoms with E-state index in [4.69, 9.17) is 0 Å². The van der Waals surface area contributed by atoms with Gasteiger partial charge >= 0.3 is 0 Å². The quantitative estimate of drug-likeness (QED) is 0.271. The number of alkyl halides is 1. The topological polar surface area (TPSA) is 72.3 Å². The first kappa shape index (κ1) is 30.5. The van der Waals surface area contributed by atoms with Crippen molar-refractivity contribution in [3.8, 4) is 11.1 Å². The van der Waals surface area contributed by atoms with Crippen LogP contribution in [-0.2, 0) is 16.0 Å². The van der Waals surface area contributed by atoms with Gasteiger partial charge in [-0.25, -0.2) is 4.39 Å². The Morgan fingerprint density at radius 2 is 1.73 bits per heavy atom. The minimum atomic E-state index is -1.32. The van der Waals surface area contributed by atoms with Gasteiger partial charge in [0.1, 0.15) is 11.5 Å². The van der Waals surface area contributed by atoms with Crippen molar-refractivity contribution in [2.75, 3.05) is 20.1 Å². The van der Waals surface area contributed by atoms with E-state index in [9.17, 15) is 18.8 Å². The Balaban J connectivity index is 1.62. The molecular formula is C34H42FN3O3. The van der Waals surface area contributed by atoms with Crippen molar-refractivity contribution < 1.29 is 14.0 Å². The predicted molar refractivity (Wildman–Crippen MR) is 161 cm³/mol. The number of aromatic nitrogens is 2. The van der Waals surface area contributed by atoms with Gasteiger partial charge in [-0.05, 0) is 86.0 Å². The maximum atomic E-state index is 14.9. The Hall–Kier alpha value is -3.45. The van der Waals surface area contributed by atoms with Crippen LogP contribution in [-0.4, -0.2) is 51.8 Å². The lowest BCUT2D eigenvalue weighted by molar-refractivity contribution is -0.123. The van der Waals surface area contributed by atoms with Crippen molar-refractivity contribution in [3.05, 3.63) is 87.6 Å². The molecule has 7 heteroatoms. The molecule has 1 fully saturated rings. The van der Waals surface area contributed by atoms with Gasteiger partial charge in [-0.1, -0.05) is 32.0 Å². The van der Waals surface area contributed by atoms with Gasteiger partial charge in [-0.3, -0.25) is 19.5 Å². The standard InChI is InChI=1S/C34H42FN3O3/c1-22(2)12-30(38-11-10-26(14-32(38)41)17-34(35)20-37(6)21-34)31(40)16-27(13-25(5)39)28-15-29(19-36-18-28)33-23(3)8-7-9-24(33)4/h7-11,14-15,18-19,22,27,30H,12-13,16-17,20-21H2,1-6H3/t27-,30+/m1/s1. The molecule has 41 heavy (non-hydrogen) atoms. The van der Waals surface area contributed by atoms with Crippen molar-refractivity contribution in [1.82, 2.24) is 14.5 Å². The van der Waals surface area contributed by atoms with E-state index in [0.717, 1.165) is 27.8 Å². The number of likely N-dealkylation sites (tertiary alicyclic amines) is 1. The Morgan fingerprint density at radius 1 is 1.05 bits per heavy atom. The van der Waals surface area contributed by atoms with Gasteiger partial charge in [0, 0.05) is 62.6 Å². The zero-order valence-electron chi connectivity index (χ0n) is 25.1. The third-order valence-electron chi connectivity index (χ3n) is 8.02. The molecule has 0 amide bonds. The highest BCUT2D eigenvalue weighted by molar-refractivity contribution is 5.85. The maximum absolute atomic E-state index is 14.9. The van der Waals surface area contributed by atoms with E-state index in [1.54, 1.807) is 18.5 Å². The SMILES string of the molecule is CC(=O)C[C@H](CC(=O)[C@H](CC(C)C)n1ccc(CC2(F)CN(C)C2)cc1=O)c1cncc(-c2c(C)cccc2C)c1. The smallest absolute Gasteiger partial charge is 0.251 e. The van der Waals surface area contributed by atoms with Crippen LogP contribution in [0, 0.1) is 19.8 Å². The second kappa shape index (κ2) is 12.6. The molecule has 0 saturated carbocycles. The van der Waals surface area contributed by atoms with E-state index < -0.39 is 11.7 Å². The van der Waals surface area contributed by atoms with Crippen LogP contribution in [0.2, 0.25) is 0 Å². The summed E-state index contributed by atoms with van der Waals surface area (Å²) in [6.45, 7) is 10.4. The lowest BCUT2D eigenvalue weighted by Crippen LogP contribution is -2.58. The first-order valence-corrected chi connectivity index (χ1v) is 14.5. The summed E-state index contributed by atoms with van der Waals surface area (Å²) in [6, 6.07) is 10.7. The second-order valence-electron chi connectivity index (χ2n) is 12.5. The molecule has 0 aliphatic carbocycles. The summed E-state index contributed by atoms with van der Waals surface area (Å²) in [7, 11) is 1.87. The van der Waals surface area contributed by atoms with Crippen molar-refractivity contribution in [2.24, 2.45) is 5.92 Å². The van der Waals surface area contributed by atoms with Crippen LogP contribution in [0.15, 0.2) is 59.8 Å². The van der Waals surface area contributed by atoms with Crippen LogP contribution >= 0.6 is 0 Å². The molecule has 2 atom stereocenters. The molecule has 3 heterocycles. The van der Waals surface area contributed by atoms with Crippen LogP contribution < -0.4 is 5.56 Å². The largest absolute Gasteiger partial charge is 0.305 e. The summed E-state index contributed by atoms with van der Waals surface area (Å²) in [5.41, 5.74) is 4.16. The summed E-state index contributed by atoms with van der Waals surface area (Å²) < 4.78 is 16.4. The average molecular weight is 560 g/mol. The van der Waals surface area contributed by atoms with Crippen LogP contribution in [0.1, 0.15) is 74.2 Å². The third kappa shape index (κ3) is 7.45. The molecule has 6 nitrogen and oxygen atoms in total. The van der Waals surface area contributed by atoms with Crippen LogP contribution in [0.25, 0.3) is 11.1 Å². The number of hydrogen-bond acceptors (Lipinski definition) is 5. The zero-order chi connectivity index (χ0) is 29.9. The number of rotatable bonds is 12. The molecule has 4 rings (SSSR count). The Labute approximate surface area is 242 Å². The molecule has 3 aromatic rings. The number of carbonyl (C=O) groups is 2. The Morgan fingerprint density at radius 3 is 2.32 bits per heavy atom. The molecule has 1 aliphatic rings. The second-order valence-corrected chi connectivity index (χ2v) is 12.5. The highest BCUT2D eigenvalue weighted by atomic mass is 19.1.